The molecule has 0 spiro atoms. The molecule has 7 heteroatoms. The summed E-state index contributed by atoms with van der Waals surface area (Å²) in [7, 11) is -3.46. The number of anilines is 1. The second-order valence-corrected chi connectivity index (χ2v) is 5.70. The first-order valence-electron chi connectivity index (χ1n) is 4.97. The molecule has 17 heavy (non-hydrogen) atoms. The van der Waals surface area contributed by atoms with Gasteiger partial charge in [0.25, 0.3) is 0 Å². The van der Waals surface area contributed by atoms with Gasteiger partial charge in [-0.1, -0.05) is 0 Å². The fraction of sp³-hybridized carbons (Fsp3) is 0.300. The maximum absolute atomic E-state index is 11.8. The Kier molecular flexibility index (Phi) is 3.79. The molecule has 92 valence electrons. The van der Waals surface area contributed by atoms with E-state index >= 15 is 0 Å². The van der Waals surface area contributed by atoms with Crippen LogP contribution in [0.2, 0.25) is 0 Å². The SMILES string of the molecule is CC(C)N(c1ccc(O)c(C#N)c1)P(N)(N)=O. The molecule has 0 aliphatic heterocycles. The molecule has 0 heterocycles. The van der Waals surface area contributed by atoms with E-state index in [9.17, 15) is 9.67 Å². The standard InChI is InChI=1S/C10H15N4O2P/c1-7(2)14(17(12,13)16)9-3-4-10(15)8(5-9)6-11/h3-5,7,15H,1-2H3,(H4,12,13,16). The number of hydrogen-bond donors (Lipinski definition) is 3. The Labute approximate surface area is 100.0 Å². The largest absolute Gasteiger partial charge is 0.507 e. The lowest BCUT2D eigenvalue weighted by Gasteiger charge is -2.31. The number of nitriles is 1. The molecule has 0 saturated carbocycles. The number of phenolic OH excluding ortho intramolecular Hbond substituents is 1. The van der Waals surface area contributed by atoms with E-state index < -0.39 is 7.59 Å². The number of hydrogen-bond acceptors (Lipinski definition) is 3. The third-order valence-corrected chi connectivity index (χ3v) is 3.56. The van der Waals surface area contributed by atoms with Crippen LogP contribution in [0.1, 0.15) is 19.4 Å². The predicted molar refractivity (Wildman–Crippen MR) is 66.4 cm³/mol. The summed E-state index contributed by atoms with van der Waals surface area (Å²) in [5, 5.41) is 18.2. The summed E-state index contributed by atoms with van der Waals surface area (Å²) in [6, 6.07) is 5.91. The molecule has 0 aromatic heterocycles. The zero-order valence-corrected chi connectivity index (χ0v) is 10.6. The molecule has 6 nitrogen and oxygen atoms in total. The van der Waals surface area contributed by atoms with Crippen molar-refractivity contribution in [3.05, 3.63) is 23.8 Å². The highest BCUT2D eigenvalue weighted by Gasteiger charge is 2.25. The van der Waals surface area contributed by atoms with Gasteiger partial charge in [0.05, 0.1) is 5.56 Å². The molecule has 0 fully saturated rings. The van der Waals surface area contributed by atoms with Gasteiger partial charge in [0.1, 0.15) is 11.8 Å². The van der Waals surface area contributed by atoms with Crippen LogP contribution in [0, 0.1) is 11.3 Å². The van der Waals surface area contributed by atoms with Gasteiger partial charge in [-0.25, -0.2) is 0 Å². The second kappa shape index (κ2) is 4.76. The molecule has 0 atom stereocenters. The van der Waals surface area contributed by atoms with Crippen molar-refractivity contribution in [2.75, 3.05) is 4.67 Å². The van der Waals surface area contributed by atoms with Crippen molar-refractivity contribution < 1.29 is 9.67 Å². The van der Waals surface area contributed by atoms with Crippen molar-refractivity contribution in [1.82, 2.24) is 0 Å². The monoisotopic (exact) mass is 254 g/mol. The van der Waals surface area contributed by atoms with Crippen molar-refractivity contribution in [3.63, 3.8) is 0 Å². The molecule has 0 aliphatic rings. The Morgan fingerprint density at radius 1 is 1.47 bits per heavy atom. The summed E-state index contributed by atoms with van der Waals surface area (Å²) in [6.45, 7) is 3.57. The Morgan fingerprint density at radius 2 is 2.06 bits per heavy atom. The minimum absolute atomic E-state index is 0.0848. The van der Waals surface area contributed by atoms with Crippen LogP contribution in [-0.4, -0.2) is 11.1 Å². The first-order chi connectivity index (χ1) is 7.77. The van der Waals surface area contributed by atoms with Crippen LogP contribution < -0.4 is 15.7 Å². The lowest BCUT2D eigenvalue weighted by atomic mass is 10.2. The van der Waals surface area contributed by atoms with Crippen molar-refractivity contribution in [3.8, 4) is 11.8 Å². The first kappa shape index (κ1) is 13.5. The molecule has 0 radical (unpaired) electrons. The summed E-state index contributed by atoms with van der Waals surface area (Å²) in [5.41, 5.74) is 11.4. The number of nitrogens with two attached hydrogens (primary N) is 2. The number of rotatable bonds is 3. The van der Waals surface area contributed by atoms with E-state index in [1.54, 1.807) is 13.8 Å². The molecular weight excluding hydrogens is 239 g/mol. The van der Waals surface area contributed by atoms with E-state index in [4.69, 9.17) is 16.3 Å². The van der Waals surface area contributed by atoms with Gasteiger partial charge < -0.3 is 5.11 Å². The van der Waals surface area contributed by atoms with E-state index in [1.165, 1.54) is 22.9 Å². The van der Waals surface area contributed by atoms with Gasteiger partial charge in [0.2, 0.25) is 0 Å². The Morgan fingerprint density at radius 3 is 2.47 bits per heavy atom. The zero-order chi connectivity index (χ0) is 13.2. The normalized spacial score (nSPS) is 11.3. The smallest absolute Gasteiger partial charge is 0.300 e. The molecular formula is C10H15N4O2P. The van der Waals surface area contributed by atoms with Crippen LogP contribution in [0.3, 0.4) is 0 Å². The number of nitrogens with zero attached hydrogens (tertiary/aromatic N) is 2. The highest BCUT2D eigenvalue weighted by molar-refractivity contribution is 7.60. The molecule has 1 aromatic rings. The quantitative estimate of drug-likeness (QED) is 0.704. The number of phenols is 1. The van der Waals surface area contributed by atoms with E-state index in [2.05, 4.69) is 0 Å². The fourth-order valence-corrected chi connectivity index (χ4v) is 2.80. The van der Waals surface area contributed by atoms with Gasteiger partial charge in [-0.05, 0) is 32.0 Å². The van der Waals surface area contributed by atoms with Gasteiger partial charge in [0, 0.05) is 11.7 Å². The van der Waals surface area contributed by atoms with Crippen molar-refractivity contribution in [2.24, 2.45) is 11.0 Å². The molecule has 0 bridgehead atoms. The van der Waals surface area contributed by atoms with E-state index in [-0.39, 0.29) is 17.4 Å². The van der Waals surface area contributed by atoms with Gasteiger partial charge in [-0.3, -0.25) is 20.2 Å². The average Bonchev–Trinajstić information content (AvgIpc) is 2.18. The minimum Gasteiger partial charge on any atom is -0.507 e. The molecule has 0 amide bonds. The lowest BCUT2D eigenvalue weighted by Crippen LogP contribution is -2.34. The Hall–Kier alpha value is -1.54. The number of benzene rings is 1. The maximum atomic E-state index is 11.8. The van der Waals surface area contributed by atoms with Crippen LogP contribution in [0.4, 0.5) is 5.69 Å². The van der Waals surface area contributed by atoms with Crippen LogP contribution in [0.5, 0.6) is 5.75 Å². The van der Waals surface area contributed by atoms with Crippen LogP contribution in [0.15, 0.2) is 18.2 Å². The summed E-state index contributed by atoms with van der Waals surface area (Å²) in [5.74, 6) is -0.135. The molecule has 0 aliphatic carbocycles. The third-order valence-electron chi connectivity index (χ3n) is 2.19. The van der Waals surface area contributed by atoms with Crippen molar-refractivity contribution in [1.29, 1.82) is 5.26 Å². The topological polar surface area (TPSA) is 116 Å². The van der Waals surface area contributed by atoms with Crippen molar-refractivity contribution >= 4 is 13.3 Å². The molecule has 5 N–H and O–H groups in total. The van der Waals surface area contributed by atoms with E-state index in [1.807, 2.05) is 6.07 Å². The van der Waals surface area contributed by atoms with Crippen LogP contribution in [-0.2, 0) is 4.57 Å². The van der Waals surface area contributed by atoms with Gasteiger partial charge in [0.15, 0.2) is 0 Å². The fourth-order valence-electron chi connectivity index (χ4n) is 1.60. The highest BCUT2D eigenvalue weighted by atomic mass is 31.2. The molecule has 1 rings (SSSR count). The maximum Gasteiger partial charge on any atom is 0.300 e. The molecule has 0 saturated heterocycles. The van der Waals surface area contributed by atoms with E-state index in [0.29, 0.717) is 5.69 Å². The average molecular weight is 254 g/mol. The Bertz CT molecular complexity index is 504. The number of aromatic hydroxyl groups is 1. The lowest BCUT2D eigenvalue weighted by molar-refractivity contribution is 0.473. The highest BCUT2D eigenvalue weighted by Crippen LogP contribution is 2.40. The summed E-state index contributed by atoms with van der Waals surface area (Å²) < 4.78 is 13.1. The Balaban J connectivity index is 3.31. The predicted octanol–water partition coefficient (Wildman–Crippen LogP) is 1.50. The molecule has 1 aromatic carbocycles. The van der Waals surface area contributed by atoms with Crippen LogP contribution in [0.25, 0.3) is 0 Å². The summed E-state index contributed by atoms with van der Waals surface area (Å²) in [6.07, 6.45) is 0. The minimum atomic E-state index is -3.46. The van der Waals surface area contributed by atoms with Crippen LogP contribution >= 0.6 is 7.59 Å². The van der Waals surface area contributed by atoms with E-state index in [0.717, 1.165) is 0 Å². The van der Waals surface area contributed by atoms with Crippen molar-refractivity contribution in [2.45, 2.75) is 19.9 Å². The van der Waals surface area contributed by atoms with Gasteiger partial charge >= 0.3 is 7.59 Å². The summed E-state index contributed by atoms with van der Waals surface area (Å²) >= 11 is 0. The second-order valence-electron chi connectivity index (χ2n) is 3.92. The zero-order valence-electron chi connectivity index (χ0n) is 9.66. The van der Waals surface area contributed by atoms with Gasteiger partial charge in [-0.2, -0.15) is 5.26 Å². The molecule has 0 unspecified atom stereocenters. The first-order valence-corrected chi connectivity index (χ1v) is 6.77. The summed E-state index contributed by atoms with van der Waals surface area (Å²) in [4.78, 5) is 0. The van der Waals surface area contributed by atoms with Gasteiger partial charge in [-0.15, -0.1) is 0 Å². The third kappa shape index (κ3) is 2.98.